The maximum absolute atomic E-state index is 8.96. The molecule has 0 aromatic heterocycles. The summed E-state index contributed by atoms with van der Waals surface area (Å²) >= 11 is 5.61. The third-order valence-electron chi connectivity index (χ3n) is 2.82. The first kappa shape index (κ1) is 11.3. The molecule has 0 amide bonds. The Morgan fingerprint density at radius 2 is 1.92 bits per heavy atom. The molecule has 0 radical (unpaired) electrons. The number of halogens is 1. The summed E-state index contributed by atoms with van der Waals surface area (Å²) in [4.78, 5) is 2.48. The van der Waals surface area contributed by atoms with Gasteiger partial charge in [0.2, 0.25) is 0 Å². The number of alkyl halides is 1. The van der Waals surface area contributed by atoms with Crippen molar-refractivity contribution in [2.75, 3.05) is 32.1 Å². The Morgan fingerprint density at radius 3 is 2.46 bits per heavy atom. The first-order chi connectivity index (χ1) is 6.36. The van der Waals surface area contributed by atoms with Crippen LogP contribution in [0.5, 0.6) is 0 Å². The van der Waals surface area contributed by atoms with Crippen molar-refractivity contribution < 1.29 is 5.11 Å². The Balaban J connectivity index is 2.03. The smallest absolute Gasteiger partial charge is 0.0460 e. The molecule has 13 heavy (non-hydrogen) atoms. The van der Waals surface area contributed by atoms with Gasteiger partial charge < -0.3 is 10.0 Å². The van der Waals surface area contributed by atoms with Crippen molar-refractivity contribution in [3.05, 3.63) is 0 Å². The fraction of sp³-hybridized carbons (Fsp3) is 1.00. The fourth-order valence-corrected chi connectivity index (χ4v) is 2.01. The highest BCUT2D eigenvalue weighted by atomic mass is 35.5. The minimum atomic E-state index is 0.371. The number of aliphatic hydroxyl groups excluding tert-OH is 1. The highest BCUT2D eigenvalue weighted by Crippen LogP contribution is 2.16. The molecular weight excluding hydrogens is 186 g/mol. The molecule has 78 valence electrons. The number of piperidine rings is 1. The van der Waals surface area contributed by atoms with E-state index in [-0.39, 0.29) is 0 Å². The predicted octanol–water partition coefficient (Wildman–Crippen LogP) is 1.71. The minimum absolute atomic E-state index is 0.371. The van der Waals surface area contributed by atoms with E-state index in [2.05, 4.69) is 4.90 Å². The molecule has 0 saturated carbocycles. The van der Waals surface area contributed by atoms with Crippen LogP contribution >= 0.6 is 11.6 Å². The number of aliphatic hydroxyl groups is 1. The van der Waals surface area contributed by atoms with Gasteiger partial charge in [0.1, 0.15) is 0 Å². The zero-order chi connectivity index (χ0) is 9.52. The Hall–Kier alpha value is 0.210. The average Bonchev–Trinajstić information content (AvgIpc) is 2.19. The molecule has 0 spiro atoms. The predicted molar refractivity (Wildman–Crippen MR) is 56.2 cm³/mol. The zero-order valence-corrected chi connectivity index (χ0v) is 8.97. The molecule has 0 aliphatic carbocycles. The first-order valence-corrected chi connectivity index (χ1v) is 5.79. The van der Waals surface area contributed by atoms with Gasteiger partial charge in [-0.1, -0.05) is 0 Å². The van der Waals surface area contributed by atoms with Crippen LogP contribution in [0.4, 0.5) is 0 Å². The first-order valence-electron chi connectivity index (χ1n) is 5.26. The summed E-state index contributed by atoms with van der Waals surface area (Å²) < 4.78 is 0. The van der Waals surface area contributed by atoms with E-state index in [4.69, 9.17) is 16.7 Å². The quantitative estimate of drug-likeness (QED) is 0.546. The number of hydrogen-bond acceptors (Lipinski definition) is 2. The van der Waals surface area contributed by atoms with Crippen molar-refractivity contribution in [1.82, 2.24) is 4.90 Å². The van der Waals surface area contributed by atoms with Crippen molar-refractivity contribution in [1.29, 1.82) is 0 Å². The number of hydrogen-bond donors (Lipinski definition) is 1. The normalized spacial score (nSPS) is 20.8. The third kappa shape index (κ3) is 4.30. The summed E-state index contributed by atoms with van der Waals surface area (Å²) in [7, 11) is 0. The maximum Gasteiger partial charge on any atom is 0.0460 e. The lowest BCUT2D eigenvalue weighted by atomic mass is 9.98. The Kier molecular flexibility index (Phi) is 5.76. The summed E-state index contributed by atoms with van der Waals surface area (Å²) in [5.74, 6) is 1.34. The Morgan fingerprint density at radius 1 is 1.23 bits per heavy atom. The maximum atomic E-state index is 8.96. The second kappa shape index (κ2) is 6.63. The van der Waals surface area contributed by atoms with Gasteiger partial charge in [-0.25, -0.2) is 0 Å². The topological polar surface area (TPSA) is 23.5 Å². The molecule has 0 unspecified atom stereocenters. The van der Waals surface area contributed by atoms with E-state index in [1.165, 1.54) is 13.0 Å². The fourth-order valence-electron chi connectivity index (χ4n) is 1.82. The molecule has 0 atom stereocenters. The van der Waals surface area contributed by atoms with Crippen LogP contribution in [0, 0.1) is 5.92 Å². The Labute approximate surface area is 85.9 Å². The Bertz CT molecular complexity index is 121. The van der Waals surface area contributed by atoms with Crippen LogP contribution in [-0.4, -0.2) is 42.1 Å². The highest BCUT2D eigenvalue weighted by molar-refractivity contribution is 6.17. The molecule has 1 fully saturated rings. The van der Waals surface area contributed by atoms with Gasteiger partial charge in [-0.3, -0.25) is 0 Å². The van der Waals surface area contributed by atoms with Crippen LogP contribution in [0.15, 0.2) is 0 Å². The lowest BCUT2D eigenvalue weighted by molar-refractivity contribution is 0.131. The van der Waals surface area contributed by atoms with E-state index in [9.17, 15) is 0 Å². The lowest BCUT2D eigenvalue weighted by Crippen LogP contribution is -2.35. The van der Waals surface area contributed by atoms with Crippen molar-refractivity contribution in [2.24, 2.45) is 5.92 Å². The molecule has 1 saturated heterocycles. The number of rotatable bonds is 5. The molecule has 0 aromatic rings. The molecule has 1 aliphatic rings. The molecule has 1 aliphatic heterocycles. The van der Waals surface area contributed by atoms with Crippen LogP contribution in [0.1, 0.15) is 25.7 Å². The summed E-state index contributed by atoms with van der Waals surface area (Å²) in [5, 5.41) is 8.96. The SMILES string of the molecule is OCC1CCN(CCCCCl)CC1. The van der Waals surface area contributed by atoms with Gasteiger partial charge in [0, 0.05) is 12.5 Å². The van der Waals surface area contributed by atoms with E-state index >= 15 is 0 Å². The van der Waals surface area contributed by atoms with Crippen molar-refractivity contribution in [2.45, 2.75) is 25.7 Å². The van der Waals surface area contributed by atoms with E-state index in [1.807, 2.05) is 0 Å². The molecule has 1 heterocycles. The largest absolute Gasteiger partial charge is 0.396 e. The number of likely N-dealkylation sites (tertiary alicyclic amines) is 1. The van der Waals surface area contributed by atoms with Crippen molar-refractivity contribution in [3.63, 3.8) is 0 Å². The van der Waals surface area contributed by atoms with Crippen molar-refractivity contribution >= 4 is 11.6 Å². The molecule has 0 bridgehead atoms. The van der Waals surface area contributed by atoms with Crippen LogP contribution in [0.2, 0.25) is 0 Å². The highest BCUT2D eigenvalue weighted by Gasteiger charge is 2.17. The molecular formula is C10H20ClNO. The van der Waals surface area contributed by atoms with Crippen LogP contribution in [0.3, 0.4) is 0 Å². The van der Waals surface area contributed by atoms with Gasteiger partial charge >= 0.3 is 0 Å². The monoisotopic (exact) mass is 205 g/mol. The molecule has 1 rings (SSSR count). The molecule has 3 heteroatoms. The minimum Gasteiger partial charge on any atom is -0.396 e. The molecule has 2 nitrogen and oxygen atoms in total. The summed E-state index contributed by atoms with van der Waals surface area (Å²) in [6, 6.07) is 0. The summed E-state index contributed by atoms with van der Waals surface area (Å²) in [6.45, 7) is 3.88. The number of unbranched alkanes of at least 4 members (excludes halogenated alkanes) is 1. The molecule has 0 aromatic carbocycles. The van der Waals surface area contributed by atoms with Crippen LogP contribution in [0.25, 0.3) is 0 Å². The van der Waals surface area contributed by atoms with E-state index in [0.29, 0.717) is 12.5 Å². The standard InChI is InChI=1S/C10H20ClNO/c11-5-1-2-6-12-7-3-10(9-13)4-8-12/h10,13H,1-9H2. The van der Waals surface area contributed by atoms with Gasteiger partial charge in [-0.05, 0) is 51.2 Å². The van der Waals surface area contributed by atoms with Crippen LogP contribution < -0.4 is 0 Å². The van der Waals surface area contributed by atoms with Crippen LogP contribution in [-0.2, 0) is 0 Å². The second-order valence-corrected chi connectivity index (χ2v) is 4.24. The molecule has 1 N–H and O–H groups in total. The third-order valence-corrected chi connectivity index (χ3v) is 3.09. The van der Waals surface area contributed by atoms with Gasteiger partial charge in [0.15, 0.2) is 0 Å². The van der Waals surface area contributed by atoms with E-state index < -0.39 is 0 Å². The van der Waals surface area contributed by atoms with Gasteiger partial charge in [-0.2, -0.15) is 0 Å². The summed E-state index contributed by atoms with van der Waals surface area (Å²) in [5.41, 5.74) is 0. The summed E-state index contributed by atoms with van der Waals surface area (Å²) in [6.07, 6.45) is 4.67. The second-order valence-electron chi connectivity index (χ2n) is 3.86. The van der Waals surface area contributed by atoms with E-state index in [0.717, 1.165) is 38.2 Å². The van der Waals surface area contributed by atoms with Gasteiger partial charge in [0.25, 0.3) is 0 Å². The average molecular weight is 206 g/mol. The van der Waals surface area contributed by atoms with E-state index in [1.54, 1.807) is 0 Å². The lowest BCUT2D eigenvalue weighted by Gasteiger charge is -2.30. The van der Waals surface area contributed by atoms with Gasteiger partial charge in [-0.15, -0.1) is 11.6 Å². The number of nitrogens with zero attached hydrogens (tertiary/aromatic N) is 1. The van der Waals surface area contributed by atoms with Crippen molar-refractivity contribution in [3.8, 4) is 0 Å². The van der Waals surface area contributed by atoms with Gasteiger partial charge in [0.05, 0.1) is 0 Å². The zero-order valence-electron chi connectivity index (χ0n) is 8.21.